The van der Waals surface area contributed by atoms with Crippen LogP contribution in [0.5, 0.6) is 0 Å². The molecule has 3 aromatic rings. The molecule has 1 aliphatic heterocycles. The first kappa shape index (κ1) is 21.0. The number of pyridine rings is 1. The zero-order valence-corrected chi connectivity index (χ0v) is 18.8. The lowest BCUT2D eigenvalue weighted by atomic mass is 9.89. The SMILES string of the molecule is CCOC(=O)C1CCN(Cc2c(-c3ccc4c(c3)CCCC4)nc3ccc(N)cn23)CC1. The molecule has 6 nitrogen and oxygen atoms in total. The van der Waals surface area contributed by atoms with Gasteiger partial charge < -0.3 is 14.9 Å². The number of likely N-dealkylation sites (tertiary alicyclic amines) is 1. The number of anilines is 1. The topological polar surface area (TPSA) is 72.9 Å². The standard InChI is InChI=1S/C26H32N4O2/c1-2-32-26(31)19-11-13-29(14-12-19)17-23-25(28-24-10-9-22(27)16-30(23)24)21-8-7-18-5-3-4-6-20(18)15-21/h7-10,15-16,19H,2-6,11-14,17,27H2,1H3. The highest BCUT2D eigenvalue weighted by atomic mass is 16.5. The van der Waals surface area contributed by atoms with E-state index in [2.05, 4.69) is 27.5 Å². The third kappa shape index (κ3) is 4.11. The van der Waals surface area contributed by atoms with Crippen molar-refractivity contribution in [1.29, 1.82) is 0 Å². The van der Waals surface area contributed by atoms with E-state index in [1.165, 1.54) is 36.0 Å². The Morgan fingerprint density at radius 2 is 1.91 bits per heavy atom. The van der Waals surface area contributed by atoms with E-state index in [1.54, 1.807) is 0 Å². The second-order valence-electron chi connectivity index (χ2n) is 9.09. The Balaban J connectivity index is 1.45. The molecular weight excluding hydrogens is 400 g/mol. The van der Waals surface area contributed by atoms with E-state index in [-0.39, 0.29) is 11.9 Å². The molecular formula is C26H32N4O2. The number of nitrogen functional groups attached to an aromatic ring is 1. The molecule has 0 spiro atoms. The van der Waals surface area contributed by atoms with Crippen LogP contribution in [-0.4, -0.2) is 40.0 Å². The lowest BCUT2D eigenvalue weighted by Gasteiger charge is -2.30. The molecule has 2 N–H and O–H groups in total. The zero-order chi connectivity index (χ0) is 22.1. The van der Waals surface area contributed by atoms with Gasteiger partial charge in [0.05, 0.1) is 23.9 Å². The molecule has 0 bridgehead atoms. The van der Waals surface area contributed by atoms with Gasteiger partial charge in [-0.1, -0.05) is 12.1 Å². The second kappa shape index (κ2) is 8.94. The molecule has 32 heavy (non-hydrogen) atoms. The van der Waals surface area contributed by atoms with Crippen molar-refractivity contribution in [1.82, 2.24) is 14.3 Å². The van der Waals surface area contributed by atoms with Gasteiger partial charge in [0, 0.05) is 24.0 Å². The molecule has 0 atom stereocenters. The Labute approximate surface area is 189 Å². The molecule has 3 heterocycles. The van der Waals surface area contributed by atoms with E-state index >= 15 is 0 Å². The Morgan fingerprint density at radius 1 is 1.12 bits per heavy atom. The molecule has 2 aliphatic rings. The highest BCUT2D eigenvalue weighted by Crippen LogP contribution is 2.31. The molecule has 1 saturated heterocycles. The van der Waals surface area contributed by atoms with Crippen LogP contribution in [0.4, 0.5) is 5.69 Å². The predicted octanol–water partition coefficient (Wildman–Crippen LogP) is 4.24. The smallest absolute Gasteiger partial charge is 0.309 e. The predicted molar refractivity (Wildman–Crippen MR) is 126 cm³/mol. The number of carbonyl (C=O) groups is 1. The molecule has 5 rings (SSSR count). The molecule has 2 aromatic heterocycles. The molecule has 1 fully saturated rings. The Hall–Kier alpha value is -2.86. The number of rotatable bonds is 5. The van der Waals surface area contributed by atoms with Gasteiger partial charge in [0.1, 0.15) is 5.65 Å². The number of hydrogen-bond acceptors (Lipinski definition) is 5. The molecule has 0 amide bonds. The van der Waals surface area contributed by atoms with Gasteiger partial charge in [-0.3, -0.25) is 9.69 Å². The normalized spacial score (nSPS) is 17.4. The van der Waals surface area contributed by atoms with Crippen LogP contribution in [0.2, 0.25) is 0 Å². The van der Waals surface area contributed by atoms with Crippen molar-refractivity contribution in [3.05, 3.63) is 53.3 Å². The fourth-order valence-corrected chi connectivity index (χ4v) is 5.17. The fraction of sp³-hybridized carbons (Fsp3) is 0.462. The minimum Gasteiger partial charge on any atom is -0.466 e. The van der Waals surface area contributed by atoms with Gasteiger partial charge in [-0.25, -0.2) is 4.98 Å². The van der Waals surface area contributed by atoms with Crippen LogP contribution in [0.15, 0.2) is 36.5 Å². The number of aromatic nitrogens is 2. The monoisotopic (exact) mass is 432 g/mol. The van der Waals surface area contributed by atoms with Crippen LogP contribution in [0.25, 0.3) is 16.9 Å². The number of imidazole rings is 1. The summed E-state index contributed by atoms with van der Waals surface area (Å²) >= 11 is 0. The van der Waals surface area contributed by atoms with Crippen LogP contribution in [0.1, 0.15) is 49.4 Å². The van der Waals surface area contributed by atoms with E-state index in [0.29, 0.717) is 6.61 Å². The van der Waals surface area contributed by atoms with Crippen molar-refractivity contribution in [2.45, 2.75) is 52.0 Å². The van der Waals surface area contributed by atoms with E-state index in [4.69, 9.17) is 15.5 Å². The van der Waals surface area contributed by atoms with Crippen molar-refractivity contribution in [2.24, 2.45) is 5.92 Å². The van der Waals surface area contributed by atoms with Crippen molar-refractivity contribution < 1.29 is 9.53 Å². The first-order chi connectivity index (χ1) is 15.6. The number of aryl methyl sites for hydroxylation is 2. The van der Waals surface area contributed by atoms with E-state index in [0.717, 1.165) is 61.6 Å². The summed E-state index contributed by atoms with van der Waals surface area (Å²) in [7, 11) is 0. The lowest BCUT2D eigenvalue weighted by molar-refractivity contribution is -0.149. The number of carbonyl (C=O) groups excluding carboxylic acids is 1. The molecule has 168 valence electrons. The second-order valence-corrected chi connectivity index (χ2v) is 9.09. The van der Waals surface area contributed by atoms with Gasteiger partial charge in [0.2, 0.25) is 0 Å². The lowest BCUT2D eigenvalue weighted by Crippen LogP contribution is -2.36. The van der Waals surface area contributed by atoms with Crippen LogP contribution >= 0.6 is 0 Å². The molecule has 0 radical (unpaired) electrons. The van der Waals surface area contributed by atoms with Crippen LogP contribution < -0.4 is 5.73 Å². The van der Waals surface area contributed by atoms with E-state index in [9.17, 15) is 4.79 Å². The average molecular weight is 433 g/mol. The van der Waals surface area contributed by atoms with Gasteiger partial charge in [-0.05, 0) is 87.9 Å². The summed E-state index contributed by atoms with van der Waals surface area (Å²) in [6.45, 7) is 4.86. The van der Waals surface area contributed by atoms with Crippen LogP contribution in [0.3, 0.4) is 0 Å². The van der Waals surface area contributed by atoms with Crippen molar-refractivity contribution in [2.75, 3.05) is 25.4 Å². The van der Waals surface area contributed by atoms with Crippen molar-refractivity contribution >= 4 is 17.3 Å². The maximum absolute atomic E-state index is 12.1. The Bertz CT molecular complexity index is 1130. The number of esters is 1. The number of nitrogens with zero attached hydrogens (tertiary/aromatic N) is 3. The number of hydrogen-bond donors (Lipinski definition) is 1. The average Bonchev–Trinajstić information content (AvgIpc) is 3.17. The minimum atomic E-state index is -0.0514. The summed E-state index contributed by atoms with van der Waals surface area (Å²) in [6, 6.07) is 10.8. The fourth-order valence-electron chi connectivity index (χ4n) is 5.17. The summed E-state index contributed by atoms with van der Waals surface area (Å²) in [5, 5.41) is 0. The summed E-state index contributed by atoms with van der Waals surface area (Å²) in [4.78, 5) is 19.6. The maximum atomic E-state index is 12.1. The molecule has 0 saturated carbocycles. The van der Waals surface area contributed by atoms with E-state index in [1.807, 2.05) is 25.3 Å². The number of piperidine rings is 1. The zero-order valence-electron chi connectivity index (χ0n) is 18.8. The number of nitrogens with two attached hydrogens (primary N) is 1. The van der Waals surface area contributed by atoms with Crippen molar-refractivity contribution in [3.8, 4) is 11.3 Å². The van der Waals surface area contributed by atoms with Crippen LogP contribution in [0, 0.1) is 5.92 Å². The summed E-state index contributed by atoms with van der Waals surface area (Å²) < 4.78 is 7.37. The largest absolute Gasteiger partial charge is 0.466 e. The quantitative estimate of drug-likeness (QED) is 0.611. The Morgan fingerprint density at radius 3 is 2.69 bits per heavy atom. The third-order valence-electron chi connectivity index (χ3n) is 6.94. The third-order valence-corrected chi connectivity index (χ3v) is 6.94. The van der Waals surface area contributed by atoms with Gasteiger partial charge in [-0.15, -0.1) is 0 Å². The van der Waals surface area contributed by atoms with Crippen molar-refractivity contribution in [3.63, 3.8) is 0 Å². The van der Waals surface area contributed by atoms with Gasteiger partial charge in [0.25, 0.3) is 0 Å². The first-order valence-electron chi connectivity index (χ1n) is 11.9. The number of fused-ring (bicyclic) bond motifs is 2. The molecule has 1 aromatic carbocycles. The number of ether oxygens (including phenoxy) is 1. The van der Waals surface area contributed by atoms with E-state index < -0.39 is 0 Å². The first-order valence-corrected chi connectivity index (χ1v) is 11.9. The van der Waals surface area contributed by atoms with Gasteiger partial charge in [0.15, 0.2) is 0 Å². The van der Waals surface area contributed by atoms with Crippen LogP contribution in [-0.2, 0) is 28.9 Å². The number of benzene rings is 1. The Kier molecular flexibility index (Phi) is 5.87. The maximum Gasteiger partial charge on any atom is 0.309 e. The summed E-state index contributed by atoms with van der Waals surface area (Å²) in [6.07, 6.45) is 8.54. The highest BCUT2D eigenvalue weighted by Gasteiger charge is 2.27. The van der Waals surface area contributed by atoms with Gasteiger partial charge in [-0.2, -0.15) is 0 Å². The summed E-state index contributed by atoms with van der Waals surface area (Å²) in [5.41, 5.74) is 14.1. The minimum absolute atomic E-state index is 0.0177. The summed E-state index contributed by atoms with van der Waals surface area (Å²) in [5.74, 6) is -0.0337. The molecule has 0 unspecified atom stereocenters. The van der Waals surface area contributed by atoms with Gasteiger partial charge >= 0.3 is 5.97 Å². The molecule has 1 aliphatic carbocycles. The highest BCUT2D eigenvalue weighted by molar-refractivity contribution is 5.72. The molecule has 6 heteroatoms.